The van der Waals surface area contributed by atoms with Crippen LogP contribution in [0.15, 0.2) is 18.2 Å². The maximum absolute atomic E-state index is 12.8. The Morgan fingerprint density at radius 3 is 2.42 bits per heavy atom. The Bertz CT molecular complexity index is 924. The van der Waals surface area contributed by atoms with Crippen molar-refractivity contribution < 1.29 is 28.7 Å². The van der Waals surface area contributed by atoms with Crippen molar-refractivity contribution in [2.45, 2.75) is 71.4 Å². The third kappa shape index (κ3) is 12.2. The third-order valence-electron chi connectivity index (χ3n) is 4.17. The van der Waals surface area contributed by atoms with Crippen molar-refractivity contribution >= 4 is 29.6 Å². The number of hydrogen-bond donors (Lipinski definition) is 3. The van der Waals surface area contributed by atoms with Gasteiger partial charge in [0, 0.05) is 30.5 Å². The fourth-order valence-electron chi connectivity index (χ4n) is 2.75. The van der Waals surface area contributed by atoms with E-state index in [1.165, 1.54) is 7.11 Å². The molecule has 1 unspecified atom stereocenters. The van der Waals surface area contributed by atoms with Gasteiger partial charge in [-0.2, -0.15) is 0 Å². The van der Waals surface area contributed by atoms with Crippen molar-refractivity contribution in [2.24, 2.45) is 5.73 Å². The average Bonchev–Trinajstić information content (AvgIpc) is 2.68. The molecule has 0 fully saturated rings. The van der Waals surface area contributed by atoms with Gasteiger partial charge >= 0.3 is 12.1 Å². The lowest BCUT2D eigenvalue weighted by Crippen LogP contribution is -2.46. The van der Waals surface area contributed by atoms with Crippen LogP contribution in [0.2, 0.25) is 0 Å². The number of alkyl carbamates (subject to hydrolysis) is 1. The summed E-state index contributed by atoms with van der Waals surface area (Å²) in [5.74, 6) is 4.64. The molecule has 1 aromatic carbocycles. The first-order valence-electron chi connectivity index (χ1n) is 10.7. The second kappa shape index (κ2) is 13.1. The van der Waals surface area contributed by atoms with E-state index in [1.807, 2.05) is 13.0 Å². The van der Waals surface area contributed by atoms with Crippen LogP contribution in [-0.2, 0) is 23.9 Å². The van der Waals surface area contributed by atoms with E-state index < -0.39 is 29.6 Å². The van der Waals surface area contributed by atoms with E-state index in [9.17, 15) is 19.2 Å². The fourth-order valence-corrected chi connectivity index (χ4v) is 2.75. The zero-order chi connectivity index (χ0) is 25.0. The van der Waals surface area contributed by atoms with Crippen molar-refractivity contribution in [1.82, 2.24) is 5.32 Å². The lowest BCUT2D eigenvalue weighted by molar-refractivity contribution is -0.140. The van der Waals surface area contributed by atoms with Crippen LogP contribution in [0.4, 0.5) is 10.5 Å². The molecule has 1 atom stereocenters. The Morgan fingerprint density at radius 1 is 1.12 bits per heavy atom. The molecule has 0 aliphatic carbocycles. The molecule has 0 heterocycles. The number of nitrogens with one attached hydrogen (secondary N) is 2. The van der Waals surface area contributed by atoms with E-state index in [-0.39, 0.29) is 18.8 Å². The molecule has 0 aromatic heterocycles. The number of aryl methyl sites for hydroxylation is 1. The first-order chi connectivity index (χ1) is 15.4. The number of ether oxygens (including phenoxy) is 2. The number of amides is 3. The quantitative estimate of drug-likeness (QED) is 0.295. The van der Waals surface area contributed by atoms with Gasteiger partial charge < -0.3 is 25.8 Å². The molecule has 0 bridgehead atoms. The Kier molecular flexibility index (Phi) is 10.9. The predicted octanol–water partition coefficient (Wildman–Crippen LogP) is 2.79. The molecular weight excluding hydrogens is 426 g/mol. The van der Waals surface area contributed by atoms with Crippen LogP contribution in [0, 0.1) is 18.8 Å². The summed E-state index contributed by atoms with van der Waals surface area (Å²) in [6.07, 6.45) is 0.600. The van der Waals surface area contributed by atoms with Crippen molar-refractivity contribution in [3.05, 3.63) is 29.3 Å². The molecule has 180 valence electrons. The first kappa shape index (κ1) is 27.5. The van der Waals surface area contributed by atoms with E-state index >= 15 is 0 Å². The Morgan fingerprint density at radius 2 is 1.82 bits per heavy atom. The minimum atomic E-state index is -1.01. The van der Waals surface area contributed by atoms with Gasteiger partial charge in [0.05, 0.1) is 7.11 Å². The zero-order valence-electron chi connectivity index (χ0n) is 19.9. The number of anilines is 1. The Hall–Kier alpha value is -3.54. The van der Waals surface area contributed by atoms with Crippen LogP contribution in [0.25, 0.3) is 0 Å². The molecule has 4 N–H and O–H groups in total. The number of nitrogens with two attached hydrogens (primary N) is 1. The summed E-state index contributed by atoms with van der Waals surface area (Å²) in [5, 5.41) is 5.24. The largest absolute Gasteiger partial charge is 0.469 e. The minimum Gasteiger partial charge on any atom is -0.469 e. The van der Waals surface area contributed by atoms with Gasteiger partial charge in [-0.05, 0) is 64.3 Å². The molecule has 9 nitrogen and oxygen atoms in total. The number of primary amides is 1. The molecule has 1 rings (SSSR count). The van der Waals surface area contributed by atoms with Crippen LogP contribution in [0.3, 0.4) is 0 Å². The maximum Gasteiger partial charge on any atom is 0.408 e. The number of hydrogen-bond acceptors (Lipinski definition) is 6. The molecule has 0 spiro atoms. The number of methoxy groups -OCH3 is 1. The number of esters is 1. The predicted molar refractivity (Wildman–Crippen MR) is 124 cm³/mol. The first-order valence-corrected chi connectivity index (χ1v) is 10.7. The van der Waals surface area contributed by atoms with Gasteiger partial charge in [0.2, 0.25) is 11.8 Å². The molecule has 33 heavy (non-hydrogen) atoms. The number of benzene rings is 1. The monoisotopic (exact) mass is 459 g/mol. The van der Waals surface area contributed by atoms with E-state index in [1.54, 1.807) is 32.9 Å². The summed E-state index contributed by atoms with van der Waals surface area (Å²) in [4.78, 5) is 47.3. The van der Waals surface area contributed by atoms with Crippen LogP contribution >= 0.6 is 0 Å². The highest BCUT2D eigenvalue weighted by Crippen LogP contribution is 2.15. The highest BCUT2D eigenvalue weighted by atomic mass is 16.6. The third-order valence-corrected chi connectivity index (χ3v) is 4.17. The molecule has 0 aliphatic heterocycles. The van der Waals surface area contributed by atoms with E-state index in [0.717, 1.165) is 5.56 Å². The lowest BCUT2D eigenvalue weighted by atomic mass is 10.1. The SMILES string of the molecule is COC(=O)CCCC#Cc1cc(C)cc(NC(=O)C(CCC(N)=O)NC(=O)OC(C)(C)C)c1. The van der Waals surface area contributed by atoms with Gasteiger partial charge in [-0.1, -0.05) is 11.8 Å². The molecule has 0 saturated carbocycles. The van der Waals surface area contributed by atoms with Crippen molar-refractivity contribution in [3.63, 3.8) is 0 Å². The molecule has 9 heteroatoms. The Balaban J connectivity index is 2.88. The van der Waals surface area contributed by atoms with Crippen LogP contribution in [0.1, 0.15) is 64.0 Å². The topological polar surface area (TPSA) is 137 Å². The average molecular weight is 460 g/mol. The molecular formula is C24H33N3O6. The van der Waals surface area contributed by atoms with Crippen LogP contribution in [0.5, 0.6) is 0 Å². The molecule has 0 radical (unpaired) electrons. The number of carbonyl (C=O) groups is 4. The zero-order valence-corrected chi connectivity index (χ0v) is 19.9. The smallest absolute Gasteiger partial charge is 0.408 e. The molecule has 3 amide bonds. The standard InChI is InChI=1S/C24H33N3O6/c1-16-13-17(9-7-6-8-10-21(29)32-5)15-18(14-16)26-22(30)19(11-12-20(25)28)27-23(31)33-24(2,3)4/h13-15,19H,6,8,10-12H2,1-5H3,(H2,25,28)(H,26,30)(H,27,31). The summed E-state index contributed by atoms with van der Waals surface area (Å²) < 4.78 is 9.80. The molecule has 0 saturated heterocycles. The summed E-state index contributed by atoms with van der Waals surface area (Å²) in [6, 6.07) is 4.32. The minimum absolute atomic E-state index is 0.0269. The number of unbranched alkanes of at least 4 members (excludes halogenated alkanes) is 1. The number of carbonyl (C=O) groups excluding carboxylic acids is 4. The van der Waals surface area contributed by atoms with Crippen molar-refractivity contribution in [1.29, 1.82) is 0 Å². The fraction of sp³-hybridized carbons (Fsp3) is 0.500. The highest BCUT2D eigenvalue weighted by Gasteiger charge is 2.25. The van der Waals surface area contributed by atoms with Crippen LogP contribution < -0.4 is 16.4 Å². The van der Waals surface area contributed by atoms with Crippen LogP contribution in [-0.4, -0.2) is 42.6 Å². The van der Waals surface area contributed by atoms with Crippen molar-refractivity contribution in [3.8, 4) is 11.8 Å². The Labute approximate surface area is 194 Å². The van der Waals surface area contributed by atoms with Gasteiger partial charge in [0.1, 0.15) is 11.6 Å². The molecule has 1 aromatic rings. The van der Waals surface area contributed by atoms with Gasteiger partial charge in [0.15, 0.2) is 0 Å². The summed E-state index contributed by atoms with van der Waals surface area (Å²) in [6.45, 7) is 6.98. The van der Waals surface area contributed by atoms with E-state index in [0.29, 0.717) is 30.5 Å². The maximum atomic E-state index is 12.8. The highest BCUT2D eigenvalue weighted by molar-refractivity contribution is 5.97. The van der Waals surface area contributed by atoms with Crippen molar-refractivity contribution in [2.75, 3.05) is 12.4 Å². The summed E-state index contributed by atoms with van der Waals surface area (Å²) in [5.41, 5.74) is 6.52. The van der Waals surface area contributed by atoms with Gasteiger partial charge in [-0.15, -0.1) is 0 Å². The van der Waals surface area contributed by atoms with E-state index in [4.69, 9.17) is 10.5 Å². The van der Waals surface area contributed by atoms with Gasteiger partial charge in [-0.25, -0.2) is 4.79 Å². The second-order valence-electron chi connectivity index (χ2n) is 8.51. The summed E-state index contributed by atoms with van der Waals surface area (Å²) in [7, 11) is 1.35. The molecule has 0 aliphatic rings. The second-order valence-corrected chi connectivity index (χ2v) is 8.51. The summed E-state index contributed by atoms with van der Waals surface area (Å²) >= 11 is 0. The lowest BCUT2D eigenvalue weighted by Gasteiger charge is -2.23. The van der Waals surface area contributed by atoms with Gasteiger partial charge in [0.25, 0.3) is 0 Å². The normalized spacial score (nSPS) is 11.4. The van der Waals surface area contributed by atoms with E-state index in [2.05, 4.69) is 27.2 Å². The van der Waals surface area contributed by atoms with Gasteiger partial charge in [-0.3, -0.25) is 14.4 Å². The number of rotatable bonds is 9.